The van der Waals surface area contributed by atoms with Crippen LogP contribution in [0.15, 0.2) is 91.0 Å². The summed E-state index contributed by atoms with van der Waals surface area (Å²) in [5, 5.41) is 6.23. The Morgan fingerprint density at radius 2 is 1.39 bits per heavy atom. The molecule has 4 rings (SSSR count). The largest absolute Gasteiger partial charge is 0.497 e. The number of carbonyl (C=O) groups is 2. The summed E-state index contributed by atoms with van der Waals surface area (Å²) in [7, 11) is 4.67. The van der Waals surface area contributed by atoms with Gasteiger partial charge in [0.2, 0.25) is 5.91 Å². The molecule has 0 aromatic heterocycles. The van der Waals surface area contributed by atoms with Gasteiger partial charge in [-0.2, -0.15) is 0 Å². The van der Waals surface area contributed by atoms with Gasteiger partial charge in [0.25, 0.3) is 5.91 Å². The highest BCUT2D eigenvalue weighted by Crippen LogP contribution is 2.32. The first-order valence-electron chi connectivity index (χ1n) is 12.8. The number of halogens is 1. The Kier molecular flexibility index (Phi) is 10.1. The Morgan fingerprint density at radius 1 is 0.732 bits per heavy atom. The third-order valence-corrected chi connectivity index (χ3v) is 6.60. The maximum absolute atomic E-state index is 13.3. The van der Waals surface area contributed by atoms with Crippen LogP contribution < -0.4 is 29.6 Å². The van der Waals surface area contributed by atoms with E-state index in [1.165, 1.54) is 0 Å². The van der Waals surface area contributed by atoms with Crippen LogP contribution in [0.1, 0.15) is 21.5 Å². The SMILES string of the molecule is COc1ccc(Oc2ccc(CNC(=O)C(Cc3ccc(OC)c(OC)c3)NC(=O)c3ccccc3)cc2)c(Cl)c1. The monoisotopic (exact) mass is 574 g/mol. The molecule has 0 radical (unpaired) electrons. The topological polar surface area (TPSA) is 95.1 Å². The molecule has 0 spiro atoms. The Bertz CT molecular complexity index is 1480. The molecule has 212 valence electrons. The lowest BCUT2D eigenvalue weighted by atomic mass is 10.0. The predicted molar refractivity (Wildman–Crippen MR) is 157 cm³/mol. The highest BCUT2D eigenvalue weighted by atomic mass is 35.5. The van der Waals surface area contributed by atoms with Crippen molar-refractivity contribution in [2.75, 3.05) is 21.3 Å². The van der Waals surface area contributed by atoms with Gasteiger partial charge >= 0.3 is 0 Å². The molecule has 8 nitrogen and oxygen atoms in total. The van der Waals surface area contributed by atoms with Crippen molar-refractivity contribution in [1.82, 2.24) is 10.6 Å². The van der Waals surface area contributed by atoms with E-state index < -0.39 is 6.04 Å². The minimum atomic E-state index is -0.833. The van der Waals surface area contributed by atoms with E-state index >= 15 is 0 Å². The number of nitrogens with one attached hydrogen (secondary N) is 2. The molecule has 1 unspecified atom stereocenters. The fourth-order valence-corrected chi connectivity index (χ4v) is 4.30. The number of amides is 2. The molecule has 2 amide bonds. The third-order valence-electron chi connectivity index (χ3n) is 6.30. The zero-order chi connectivity index (χ0) is 29.2. The Morgan fingerprint density at radius 3 is 2.05 bits per heavy atom. The first kappa shape index (κ1) is 29.3. The van der Waals surface area contributed by atoms with Crippen LogP contribution in [0.2, 0.25) is 5.02 Å². The quantitative estimate of drug-likeness (QED) is 0.221. The van der Waals surface area contributed by atoms with Crippen LogP contribution >= 0.6 is 11.6 Å². The van der Waals surface area contributed by atoms with Crippen molar-refractivity contribution in [3.05, 3.63) is 113 Å². The van der Waals surface area contributed by atoms with Crippen molar-refractivity contribution < 1.29 is 28.5 Å². The molecule has 4 aromatic carbocycles. The van der Waals surface area contributed by atoms with Crippen LogP contribution in [0, 0.1) is 0 Å². The summed E-state index contributed by atoms with van der Waals surface area (Å²) in [6.45, 7) is 0.256. The third kappa shape index (κ3) is 7.93. The lowest BCUT2D eigenvalue weighted by Crippen LogP contribution is -2.47. The molecule has 0 bridgehead atoms. The minimum Gasteiger partial charge on any atom is -0.497 e. The molecule has 1 atom stereocenters. The summed E-state index contributed by atoms with van der Waals surface area (Å²) >= 11 is 6.27. The van der Waals surface area contributed by atoms with Gasteiger partial charge in [-0.05, 0) is 59.7 Å². The first-order chi connectivity index (χ1) is 19.9. The van der Waals surface area contributed by atoms with Gasteiger partial charge in [-0.25, -0.2) is 0 Å². The van der Waals surface area contributed by atoms with Crippen LogP contribution in [0.3, 0.4) is 0 Å². The number of benzene rings is 4. The van der Waals surface area contributed by atoms with Crippen molar-refractivity contribution in [1.29, 1.82) is 0 Å². The molecular formula is C32H31ClN2O6. The van der Waals surface area contributed by atoms with Crippen LogP contribution in [0.5, 0.6) is 28.7 Å². The Hall–Kier alpha value is -4.69. The number of carbonyl (C=O) groups excluding carboxylic acids is 2. The molecular weight excluding hydrogens is 544 g/mol. The fraction of sp³-hybridized carbons (Fsp3) is 0.188. The molecule has 0 heterocycles. The highest BCUT2D eigenvalue weighted by molar-refractivity contribution is 6.32. The number of rotatable bonds is 12. The fourth-order valence-electron chi connectivity index (χ4n) is 4.09. The van der Waals surface area contributed by atoms with E-state index in [1.807, 2.05) is 24.3 Å². The van der Waals surface area contributed by atoms with Gasteiger partial charge in [-0.1, -0.05) is 48.0 Å². The van der Waals surface area contributed by atoms with Crippen molar-refractivity contribution in [2.45, 2.75) is 19.0 Å². The van der Waals surface area contributed by atoms with Crippen LogP contribution in [-0.2, 0) is 17.8 Å². The normalized spacial score (nSPS) is 11.2. The molecule has 2 N–H and O–H groups in total. The Balaban J connectivity index is 1.43. The molecule has 0 saturated carbocycles. The second-order valence-electron chi connectivity index (χ2n) is 9.05. The summed E-state index contributed by atoms with van der Waals surface area (Å²) < 4.78 is 21.8. The zero-order valence-corrected chi connectivity index (χ0v) is 23.7. The van der Waals surface area contributed by atoms with E-state index in [0.717, 1.165) is 11.1 Å². The summed E-state index contributed by atoms with van der Waals surface area (Å²) in [6.07, 6.45) is 0.250. The smallest absolute Gasteiger partial charge is 0.251 e. The summed E-state index contributed by atoms with van der Waals surface area (Å²) in [5.74, 6) is 2.18. The number of hydrogen-bond donors (Lipinski definition) is 2. The summed E-state index contributed by atoms with van der Waals surface area (Å²) in [6, 6.07) is 25.8. The lowest BCUT2D eigenvalue weighted by molar-refractivity contribution is -0.123. The summed E-state index contributed by atoms with van der Waals surface area (Å²) in [5.41, 5.74) is 2.12. The minimum absolute atomic E-state index is 0.250. The van der Waals surface area contributed by atoms with Crippen LogP contribution in [-0.4, -0.2) is 39.2 Å². The van der Waals surface area contributed by atoms with Crippen molar-refractivity contribution in [3.63, 3.8) is 0 Å². The summed E-state index contributed by atoms with van der Waals surface area (Å²) in [4.78, 5) is 26.3. The zero-order valence-electron chi connectivity index (χ0n) is 23.0. The van der Waals surface area contributed by atoms with Crippen molar-refractivity contribution in [2.24, 2.45) is 0 Å². The van der Waals surface area contributed by atoms with Crippen molar-refractivity contribution >= 4 is 23.4 Å². The van der Waals surface area contributed by atoms with Crippen LogP contribution in [0.4, 0.5) is 0 Å². The molecule has 9 heteroatoms. The second kappa shape index (κ2) is 14.1. The van der Waals surface area contributed by atoms with Gasteiger partial charge in [-0.3, -0.25) is 9.59 Å². The van der Waals surface area contributed by atoms with Gasteiger partial charge in [0.05, 0.1) is 26.4 Å². The second-order valence-corrected chi connectivity index (χ2v) is 9.45. The van der Waals surface area contributed by atoms with Gasteiger partial charge < -0.3 is 29.6 Å². The average Bonchev–Trinajstić information content (AvgIpc) is 3.01. The van der Waals surface area contributed by atoms with E-state index in [-0.39, 0.29) is 24.8 Å². The first-order valence-corrected chi connectivity index (χ1v) is 13.2. The molecule has 4 aromatic rings. The van der Waals surface area contributed by atoms with Crippen LogP contribution in [0.25, 0.3) is 0 Å². The lowest BCUT2D eigenvalue weighted by Gasteiger charge is -2.20. The number of hydrogen-bond acceptors (Lipinski definition) is 6. The van der Waals surface area contributed by atoms with Gasteiger partial charge in [-0.15, -0.1) is 0 Å². The van der Waals surface area contributed by atoms with E-state index in [2.05, 4.69) is 10.6 Å². The molecule has 0 aliphatic carbocycles. The average molecular weight is 575 g/mol. The highest BCUT2D eigenvalue weighted by Gasteiger charge is 2.22. The molecule has 41 heavy (non-hydrogen) atoms. The van der Waals surface area contributed by atoms with Gasteiger partial charge in [0.15, 0.2) is 11.5 Å². The molecule has 0 saturated heterocycles. The van der Waals surface area contributed by atoms with E-state index in [9.17, 15) is 9.59 Å². The van der Waals surface area contributed by atoms with Gasteiger partial charge in [0, 0.05) is 24.6 Å². The Labute approximate surface area is 244 Å². The van der Waals surface area contributed by atoms with E-state index in [0.29, 0.717) is 39.3 Å². The van der Waals surface area contributed by atoms with Crippen molar-refractivity contribution in [3.8, 4) is 28.7 Å². The molecule has 0 aliphatic heterocycles. The molecule has 0 fully saturated rings. The predicted octanol–water partition coefficient (Wildman–Crippen LogP) is 5.82. The maximum Gasteiger partial charge on any atom is 0.251 e. The van der Waals surface area contributed by atoms with E-state index in [1.54, 1.807) is 88.1 Å². The molecule has 0 aliphatic rings. The van der Waals surface area contributed by atoms with E-state index in [4.69, 9.17) is 30.5 Å². The number of methoxy groups -OCH3 is 3. The van der Waals surface area contributed by atoms with Gasteiger partial charge in [0.1, 0.15) is 23.3 Å². The standard InChI is InChI=1S/C32H31ClN2O6/c1-38-25-14-16-28(26(33)19-25)41-24-12-9-21(10-13-24)20-34-32(37)27(35-31(36)23-7-5-4-6-8-23)17-22-11-15-29(39-2)30(18-22)40-3/h4-16,18-19,27H,17,20H2,1-3H3,(H,34,37)(H,35,36). The number of ether oxygens (including phenoxy) is 4. The maximum atomic E-state index is 13.3.